The van der Waals surface area contributed by atoms with Gasteiger partial charge in [0.2, 0.25) is 0 Å². The Hall–Kier alpha value is -2.03. The highest BCUT2D eigenvalue weighted by Crippen LogP contribution is 2.23. The first-order valence-electron chi connectivity index (χ1n) is 7.27. The molecule has 20 heavy (non-hydrogen) atoms. The van der Waals surface area contributed by atoms with Crippen LogP contribution in [0.4, 0.5) is 0 Å². The highest BCUT2D eigenvalue weighted by atomic mass is 16.2. The number of rotatable bonds is 2. The zero-order chi connectivity index (χ0) is 13.9. The minimum Gasteiger partial charge on any atom is -0.346 e. The third kappa shape index (κ3) is 2.48. The van der Waals surface area contributed by atoms with Crippen molar-refractivity contribution in [1.82, 2.24) is 9.47 Å². The predicted molar refractivity (Wildman–Crippen MR) is 80.6 cm³/mol. The number of aromatic nitrogens is 1. The van der Waals surface area contributed by atoms with E-state index in [9.17, 15) is 4.79 Å². The molecule has 0 N–H and O–H groups in total. The second-order valence-electron chi connectivity index (χ2n) is 5.44. The van der Waals surface area contributed by atoms with Gasteiger partial charge in [-0.2, -0.15) is 0 Å². The van der Waals surface area contributed by atoms with Gasteiger partial charge in [0, 0.05) is 31.9 Å². The normalized spacial score (nSPS) is 15.3. The molecule has 2 heterocycles. The third-order valence-electron chi connectivity index (χ3n) is 3.97. The van der Waals surface area contributed by atoms with Crippen molar-refractivity contribution in [3.63, 3.8) is 0 Å². The fourth-order valence-electron chi connectivity index (χ4n) is 2.82. The number of hydrogen-bond acceptors (Lipinski definition) is 1. The number of nitrogens with zero attached hydrogens (tertiary/aromatic N) is 2. The molecule has 0 radical (unpaired) electrons. The Balaban J connectivity index is 1.87. The van der Waals surface area contributed by atoms with Gasteiger partial charge in [0.15, 0.2) is 0 Å². The van der Waals surface area contributed by atoms with E-state index in [2.05, 4.69) is 12.1 Å². The fraction of sp³-hybridized carbons (Fsp3) is 0.353. The molecule has 104 valence electrons. The van der Waals surface area contributed by atoms with E-state index in [1.807, 2.05) is 47.0 Å². The summed E-state index contributed by atoms with van der Waals surface area (Å²) in [4.78, 5) is 14.6. The topological polar surface area (TPSA) is 25.2 Å². The molecule has 0 atom stereocenters. The number of likely N-dealkylation sites (tertiary alicyclic amines) is 1. The fourth-order valence-corrected chi connectivity index (χ4v) is 2.82. The van der Waals surface area contributed by atoms with Crippen molar-refractivity contribution in [3.8, 4) is 11.1 Å². The number of benzene rings is 1. The summed E-state index contributed by atoms with van der Waals surface area (Å²) in [7, 11) is 1.95. The molecule has 1 aromatic heterocycles. The number of hydrogen-bond donors (Lipinski definition) is 0. The van der Waals surface area contributed by atoms with Gasteiger partial charge < -0.3 is 9.47 Å². The van der Waals surface area contributed by atoms with Gasteiger partial charge in [-0.3, -0.25) is 4.79 Å². The largest absolute Gasteiger partial charge is 0.346 e. The number of piperidine rings is 1. The molecule has 0 aliphatic carbocycles. The molecule has 0 bridgehead atoms. The molecule has 0 spiro atoms. The number of aryl methyl sites for hydroxylation is 1. The van der Waals surface area contributed by atoms with Crippen molar-refractivity contribution in [3.05, 3.63) is 48.3 Å². The first-order valence-corrected chi connectivity index (χ1v) is 7.27. The molecule has 1 aromatic carbocycles. The molecular formula is C17H20N2O. The Morgan fingerprint density at radius 3 is 2.40 bits per heavy atom. The maximum atomic E-state index is 12.6. The van der Waals surface area contributed by atoms with Crippen molar-refractivity contribution < 1.29 is 4.79 Å². The van der Waals surface area contributed by atoms with Crippen molar-refractivity contribution >= 4 is 5.91 Å². The Morgan fingerprint density at radius 2 is 1.70 bits per heavy atom. The van der Waals surface area contributed by atoms with E-state index in [1.165, 1.54) is 6.42 Å². The molecular weight excluding hydrogens is 248 g/mol. The molecule has 0 saturated carbocycles. The van der Waals surface area contributed by atoms with Crippen LogP contribution in [0.5, 0.6) is 0 Å². The third-order valence-corrected chi connectivity index (χ3v) is 3.97. The molecule has 3 nitrogen and oxygen atoms in total. The lowest BCUT2D eigenvalue weighted by Crippen LogP contribution is -2.36. The van der Waals surface area contributed by atoms with Crippen molar-refractivity contribution in [1.29, 1.82) is 0 Å². The van der Waals surface area contributed by atoms with E-state index in [4.69, 9.17) is 0 Å². The predicted octanol–water partition coefficient (Wildman–Crippen LogP) is 3.32. The minimum absolute atomic E-state index is 0.161. The van der Waals surface area contributed by atoms with Gasteiger partial charge in [0.05, 0.1) is 0 Å². The average molecular weight is 268 g/mol. The van der Waals surface area contributed by atoms with Crippen molar-refractivity contribution in [2.24, 2.45) is 7.05 Å². The molecule has 1 amide bonds. The molecule has 1 fully saturated rings. The van der Waals surface area contributed by atoms with E-state index < -0.39 is 0 Å². The standard InChI is InChI=1S/C17H20N2O/c1-18-13-15(14-8-4-2-5-9-14)12-16(18)17(20)19-10-6-3-7-11-19/h2,4-5,8-9,12-13H,3,6-7,10-11H2,1H3. The van der Waals surface area contributed by atoms with Gasteiger partial charge in [0.25, 0.3) is 5.91 Å². The summed E-state index contributed by atoms with van der Waals surface area (Å²) in [6, 6.07) is 12.2. The summed E-state index contributed by atoms with van der Waals surface area (Å²) in [6.07, 6.45) is 5.53. The summed E-state index contributed by atoms with van der Waals surface area (Å²) in [5, 5.41) is 0. The van der Waals surface area contributed by atoms with Crippen LogP contribution < -0.4 is 0 Å². The van der Waals surface area contributed by atoms with Gasteiger partial charge >= 0.3 is 0 Å². The summed E-state index contributed by atoms with van der Waals surface area (Å²) in [6.45, 7) is 1.79. The van der Waals surface area contributed by atoms with Crippen molar-refractivity contribution in [2.45, 2.75) is 19.3 Å². The highest BCUT2D eigenvalue weighted by molar-refractivity contribution is 5.94. The Labute approximate surface area is 119 Å². The smallest absolute Gasteiger partial charge is 0.270 e. The maximum absolute atomic E-state index is 12.6. The van der Waals surface area contributed by atoms with E-state index in [-0.39, 0.29) is 5.91 Å². The average Bonchev–Trinajstić information content (AvgIpc) is 2.90. The van der Waals surface area contributed by atoms with Crippen LogP contribution in [0.25, 0.3) is 11.1 Å². The molecule has 3 rings (SSSR count). The highest BCUT2D eigenvalue weighted by Gasteiger charge is 2.21. The summed E-state index contributed by atoms with van der Waals surface area (Å²) in [5.74, 6) is 0.161. The maximum Gasteiger partial charge on any atom is 0.270 e. The van der Waals surface area contributed by atoms with Crippen LogP contribution in [0.15, 0.2) is 42.6 Å². The van der Waals surface area contributed by atoms with Crippen molar-refractivity contribution in [2.75, 3.05) is 13.1 Å². The van der Waals surface area contributed by atoms with Gasteiger partial charge in [0.1, 0.15) is 5.69 Å². The molecule has 1 aliphatic rings. The summed E-state index contributed by atoms with van der Waals surface area (Å²) >= 11 is 0. The van der Waals surface area contributed by atoms with Crippen LogP contribution in [0.2, 0.25) is 0 Å². The van der Waals surface area contributed by atoms with Gasteiger partial charge in [-0.15, -0.1) is 0 Å². The Morgan fingerprint density at radius 1 is 1.00 bits per heavy atom. The lowest BCUT2D eigenvalue weighted by atomic mass is 10.1. The Bertz CT molecular complexity index is 595. The molecule has 1 aliphatic heterocycles. The number of amides is 1. The minimum atomic E-state index is 0.161. The second-order valence-corrected chi connectivity index (χ2v) is 5.44. The van der Waals surface area contributed by atoms with Crippen LogP contribution in [0, 0.1) is 0 Å². The quantitative estimate of drug-likeness (QED) is 0.820. The summed E-state index contributed by atoms with van der Waals surface area (Å²) in [5.41, 5.74) is 3.04. The molecule has 1 saturated heterocycles. The van der Waals surface area contributed by atoms with Crippen LogP contribution in [0.3, 0.4) is 0 Å². The zero-order valence-corrected chi connectivity index (χ0v) is 11.9. The first kappa shape index (κ1) is 13.0. The number of carbonyl (C=O) groups excluding carboxylic acids is 1. The number of carbonyl (C=O) groups is 1. The second kappa shape index (κ2) is 5.53. The van der Waals surface area contributed by atoms with Crippen LogP contribution in [0.1, 0.15) is 29.8 Å². The van der Waals surface area contributed by atoms with Gasteiger partial charge in [-0.05, 0) is 30.9 Å². The lowest BCUT2D eigenvalue weighted by molar-refractivity contribution is 0.0714. The molecule has 2 aromatic rings. The van der Waals surface area contributed by atoms with Crippen LogP contribution in [-0.2, 0) is 7.05 Å². The zero-order valence-electron chi connectivity index (χ0n) is 11.9. The molecule has 3 heteroatoms. The van der Waals surface area contributed by atoms with Crippen LogP contribution in [-0.4, -0.2) is 28.5 Å². The SMILES string of the molecule is Cn1cc(-c2ccccc2)cc1C(=O)N1CCCCC1. The van der Waals surface area contributed by atoms with E-state index in [0.717, 1.165) is 42.8 Å². The van der Waals surface area contributed by atoms with E-state index in [1.54, 1.807) is 0 Å². The Kier molecular flexibility index (Phi) is 3.59. The first-order chi connectivity index (χ1) is 9.75. The van der Waals surface area contributed by atoms with Gasteiger partial charge in [-0.1, -0.05) is 30.3 Å². The monoisotopic (exact) mass is 268 g/mol. The van der Waals surface area contributed by atoms with Gasteiger partial charge in [-0.25, -0.2) is 0 Å². The molecule has 0 unspecified atom stereocenters. The van der Waals surface area contributed by atoms with Crippen LogP contribution >= 0.6 is 0 Å². The summed E-state index contributed by atoms with van der Waals surface area (Å²) < 4.78 is 1.94. The van der Waals surface area contributed by atoms with E-state index in [0.29, 0.717) is 0 Å². The lowest BCUT2D eigenvalue weighted by Gasteiger charge is -2.26. The van der Waals surface area contributed by atoms with E-state index >= 15 is 0 Å².